The van der Waals surface area contributed by atoms with E-state index < -0.39 is 4.92 Å². The summed E-state index contributed by atoms with van der Waals surface area (Å²) in [5.74, 6) is 0.692. The third-order valence-corrected chi connectivity index (χ3v) is 3.80. The molecule has 0 amide bonds. The Hall–Kier alpha value is -1.69. The monoisotopic (exact) mass is 265 g/mol. The Morgan fingerprint density at radius 2 is 2.11 bits per heavy atom. The van der Waals surface area contributed by atoms with E-state index >= 15 is 0 Å². The van der Waals surface area contributed by atoms with Crippen LogP contribution in [0.2, 0.25) is 0 Å². The number of nitrogens with one attached hydrogen (secondary N) is 1. The number of pyridine rings is 1. The number of aromatic nitrogens is 1. The highest BCUT2D eigenvalue weighted by Gasteiger charge is 2.24. The van der Waals surface area contributed by atoms with Gasteiger partial charge in [-0.25, -0.2) is 0 Å². The summed E-state index contributed by atoms with van der Waals surface area (Å²) in [4.78, 5) is 13.8. The molecule has 2 rings (SSSR count). The maximum absolute atomic E-state index is 10.5. The number of aliphatic hydroxyl groups is 1. The van der Waals surface area contributed by atoms with Crippen molar-refractivity contribution in [1.29, 1.82) is 0 Å². The zero-order valence-corrected chi connectivity index (χ0v) is 10.8. The molecule has 19 heavy (non-hydrogen) atoms. The zero-order valence-electron chi connectivity index (χ0n) is 10.8. The molecule has 1 heterocycles. The predicted octanol–water partition coefficient (Wildman–Crippen LogP) is 2.20. The number of hydrogen-bond donors (Lipinski definition) is 2. The molecule has 1 saturated carbocycles. The Morgan fingerprint density at radius 3 is 2.68 bits per heavy atom. The van der Waals surface area contributed by atoms with Crippen molar-refractivity contribution in [3.05, 3.63) is 28.4 Å². The maximum Gasteiger partial charge on any atom is 0.363 e. The van der Waals surface area contributed by atoms with E-state index in [1.165, 1.54) is 25.1 Å². The van der Waals surface area contributed by atoms with Gasteiger partial charge in [-0.05, 0) is 40.7 Å². The Bertz CT molecular complexity index is 422. The van der Waals surface area contributed by atoms with Gasteiger partial charge in [-0.3, -0.25) is 0 Å². The molecule has 2 unspecified atom stereocenters. The first-order valence-electron chi connectivity index (χ1n) is 6.66. The summed E-state index contributed by atoms with van der Waals surface area (Å²) in [5, 5.41) is 23.1. The molecule has 2 atom stereocenters. The van der Waals surface area contributed by atoms with Crippen molar-refractivity contribution in [3.63, 3.8) is 0 Å². The summed E-state index contributed by atoms with van der Waals surface area (Å²) in [5.41, 5.74) is 0.785. The lowest BCUT2D eigenvalue weighted by Gasteiger charge is -2.30. The third-order valence-electron chi connectivity index (χ3n) is 3.80. The minimum atomic E-state index is -0.507. The summed E-state index contributed by atoms with van der Waals surface area (Å²) in [6, 6.07) is 3.06. The molecule has 2 N–H and O–H groups in total. The van der Waals surface area contributed by atoms with Crippen molar-refractivity contribution in [2.75, 3.05) is 18.5 Å². The standard InChI is InChI=1S/C13H19N3O3/c17-9-11-4-2-1-3-10(11)7-14-12-5-6-13(15-8-12)16(18)19/h5-6,8,10-11,14,17H,1-4,7,9H2. The van der Waals surface area contributed by atoms with Crippen LogP contribution in [0, 0.1) is 22.0 Å². The molecule has 0 aliphatic heterocycles. The first kappa shape index (κ1) is 13.7. The number of anilines is 1. The van der Waals surface area contributed by atoms with Crippen LogP contribution in [0.1, 0.15) is 25.7 Å². The van der Waals surface area contributed by atoms with Gasteiger partial charge in [-0.15, -0.1) is 0 Å². The number of rotatable bonds is 5. The molecular formula is C13H19N3O3. The fourth-order valence-electron chi connectivity index (χ4n) is 2.64. The lowest BCUT2D eigenvalue weighted by molar-refractivity contribution is -0.389. The molecular weight excluding hydrogens is 246 g/mol. The Balaban J connectivity index is 1.88. The number of nitrogens with zero attached hydrogens (tertiary/aromatic N) is 2. The van der Waals surface area contributed by atoms with Crippen molar-refractivity contribution in [1.82, 2.24) is 4.98 Å². The van der Waals surface area contributed by atoms with Gasteiger partial charge in [-0.1, -0.05) is 12.8 Å². The lowest BCUT2D eigenvalue weighted by Crippen LogP contribution is -2.28. The van der Waals surface area contributed by atoms with E-state index in [0.717, 1.165) is 25.1 Å². The SMILES string of the molecule is O=[N+]([O-])c1ccc(NCC2CCCCC2CO)cn1. The lowest BCUT2D eigenvalue weighted by atomic mass is 9.79. The molecule has 1 fully saturated rings. The van der Waals surface area contributed by atoms with Gasteiger partial charge in [0.15, 0.2) is 6.20 Å². The first-order valence-corrected chi connectivity index (χ1v) is 6.66. The summed E-state index contributed by atoms with van der Waals surface area (Å²) in [6.45, 7) is 1.02. The molecule has 0 aromatic carbocycles. The second kappa shape index (κ2) is 6.47. The van der Waals surface area contributed by atoms with E-state index in [4.69, 9.17) is 0 Å². The molecule has 0 saturated heterocycles. The summed E-state index contributed by atoms with van der Waals surface area (Å²) >= 11 is 0. The van der Waals surface area contributed by atoms with E-state index in [-0.39, 0.29) is 12.4 Å². The zero-order chi connectivity index (χ0) is 13.7. The minimum Gasteiger partial charge on any atom is -0.396 e. The average molecular weight is 265 g/mol. The van der Waals surface area contributed by atoms with Gasteiger partial charge in [0, 0.05) is 19.2 Å². The van der Waals surface area contributed by atoms with Crippen LogP contribution in [0.5, 0.6) is 0 Å². The Morgan fingerprint density at radius 1 is 1.37 bits per heavy atom. The molecule has 1 aliphatic rings. The normalized spacial score (nSPS) is 23.0. The van der Waals surface area contributed by atoms with Crippen LogP contribution >= 0.6 is 0 Å². The second-order valence-electron chi connectivity index (χ2n) is 5.03. The summed E-state index contributed by atoms with van der Waals surface area (Å²) in [6.07, 6.45) is 6.09. The maximum atomic E-state index is 10.5. The van der Waals surface area contributed by atoms with Crippen molar-refractivity contribution >= 4 is 11.5 Å². The van der Waals surface area contributed by atoms with E-state index in [2.05, 4.69) is 10.3 Å². The molecule has 0 radical (unpaired) electrons. The second-order valence-corrected chi connectivity index (χ2v) is 5.03. The first-order chi connectivity index (χ1) is 9.20. The highest BCUT2D eigenvalue weighted by molar-refractivity contribution is 5.43. The summed E-state index contributed by atoms with van der Waals surface area (Å²) in [7, 11) is 0. The fraction of sp³-hybridized carbons (Fsp3) is 0.615. The number of nitro groups is 1. The quantitative estimate of drug-likeness (QED) is 0.629. The van der Waals surface area contributed by atoms with Crippen LogP contribution in [0.25, 0.3) is 0 Å². The molecule has 1 aromatic rings. The molecule has 104 valence electrons. The van der Waals surface area contributed by atoms with Crippen LogP contribution in [-0.4, -0.2) is 28.2 Å². The Kier molecular flexibility index (Phi) is 4.68. The van der Waals surface area contributed by atoms with Gasteiger partial charge in [0.25, 0.3) is 0 Å². The highest BCUT2D eigenvalue weighted by Crippen LogP contribution is 2.29. The van der Waals surface area contributed by atoms with Gasteiger partial charge in [0.2, 0.25) is 0 Å². The predicted molar refractivity (Wildman–Crippen MR) is 71.9 cm³/mol. The average Bonchev–Trinajstić information content (AvgIpc) is 2.45. The Labute approximate surface area is 112 Å². The molecule has 1 aliphatic carbocycles. The molecule has 1 aromatic heterocycles. The fourth-order valence-corrected chi connectivity index (χ4v) is 2.64. The number of hydrogen-bond acceptors (Lipinski definition) is 5. The third kappa shape index (κ3) is 3.64. The molecule has 6 heteroatoms. The number of aliphatic hydroxyl groups excluding tert-OH is 1. The van der Waals surface area contributed by atoms with E-state index in [1.807, 2.05) is 0 Å². The van der Waals surface area contributed by atoms with Crippen LogP contribution in [0.3, 0.4) is 0 Å². The van der Waals surface area contributed by atoms with Crippen LogP contribution in [0.15, 0.2) is 18.3 Å². The smallest absolute Gasteiger partial charge is 0.363 e. The summed E-state index contributed by atoms with van der Waals surface area (Å²) < 4.78 is 0. The topological polar surface area (TPSA) is 88.3 Å². The van der Waals surface area contributed by atoms with Crippen molar-refractivity contribution in [2.24, 2.45) is 11.8 Å². The van der Waals surface area contributed by atoms with Gasteiger partial charge < -0.3 is 20.5 Å². The highest BCUT2D eigenvalue weighted by atomic mass is 16.6. The van der Waals surface area contributed by atoms with Gasteiger partial charge >= 0.3 is 5.82 Å². The van der Waals surface area contributed by atoms with Crippen LogP contribution in [-0.2, 0) is 0 Å². The van der Waals surface area contributed by atoms with Crippen molar-refractivity contribution < 1.29 is 10.0 Å². The van der Waals surface area contributed by atoms with E-state index in [0.29, 0.717) is 11.8 Å². The van der Waals surface area contributed by atoms with Crippen molar-refractivity contribution in [2.45, 2.75) is 25.7 Å². The van der Waals surface area contributed by atoms with Crippen LogP contribution in [0.4, 0.5) is 11.5 Å². The molecule has 0 bridgehead atoms. The largest absolute Gasteiger partial charge is 0.396 e. The van der Waals surface area contributed by atoms with Gasteiger partial charge in [-0.2, -0.15) is 0 Å². The molecule has 6 nitrogen and oxygen atoms in total. The minimum absolute atomic E-state index is 0.142. The molecule has 0 spiro atoms. The van der Waals surface area contributed by atoms with E-state index in [9.17, 15) is 15.2 Å². The van der Waals surface area contributed by atoms with E-state index in [1.54, 1.807) is 6.07 Å². The van der Waals surface area contributed by atoms with Crippen LogP contribution < -0.4 is 5.32 Å². The van der Waals surface area contributed by atoms with Gasteiger partial charge in [0.1, 0.15) is 0 Å². The van der Waals surface area contributed by atoms with Gasteiger partial charge in [0.05, 0.1) is 5.69 Å². The van der Waals surface area contributed by atoms with Crippen molar-refractivity contribution in [3.8, 4) is 0 Å².